The van der Waals surface area contributed by atoms with Gasteiger partial charge in [0.1, 0.15) is 66.0 Å². The van der Waals surface area contributed by atoms with E-state index in [9.17, 15) is 135 Å². The van der Waals surface area contributed by atoms with E-state index < -0.39 is 315 Å². The Balaban J connectivity index is 0.000000544. The first-order valence-corrected chi connectivity index (χ1v) is 44.4. The summed E-state index contributed by atoms with van der Waals surface area (Å²) in [6, 6.07) is 8.92. The molecule has 141 heavy (non-hydrogen) atoms. The van der Waals surface area contributed by atoms with Crippen LogP contribution in [0.2, 0.25) is 0 Å². The van der Waals surface area contributed by atoms with Crippen LogP contribution in [0, 0.1) is 31.6 Å². The van der Waals surface area contributed by atoms with Crippen molar-refractivity contribution in [2.45, 2.75) is 264 Å². The summed E-state index contributed by atoms with van der Waals surface area (Å²) >= 11 is 0. The smallest absolute Gasteiger partial charge is 0.336 e. The third-order valence-corrected chi connectivity index (χ3v) is 21.0. The van der Waals surface area contributed by atoms with Gasteiger partial charge in [-0.25, -0.2) is 4.79 Å². The normalized spacial score (nSPS) is 13.4. The number of hydrogen-bond donors (Lipinski definition) is 22. The monoisotopic (exact) mass is 1980 g/mol. The zero-order valence-electron chi connectivity index (χ0n) is 79.2. The molecule has 0 bridgehead atoms. The Morgan fingerprint density at radius 1 is 0.305 bits per heavy atom. The molecule has 0 saturated heterocycles. The molecule has 0 aliphatic heterocycles. The molecule has 5 rings (SSSR count). The van der Waals surface area contributed by atoms with Crippen LogP contribution in [0.15, 0.2) is 100 Å². The molecule has 768 valence electrons. The maximum absolute atomic E-state index is 13.4. The lowest BCUT2D eigenvalue weighted by molar-refractivity contribution is -0.142. The van der Waals surface area contributed by atoms with Crippen LogP contribution in [0.5, 0.6) is 0 Å². The minimum atomic E-state index is -1.66. The van der Waals surface area contributed by atoms with Gasteiger partial charge in [-0.3, -0.25) is 115 Å². The average molecular weight is 1980 g/mol. The van der Waals surface area contributed by atoms with Gasteiger partial charge in [0, 0.05) is 76.1 Å². The number of rotatable bonds is 57. The number of anilines is 1. The lowest BCUT2D eigenvalue weighted by atomic mass is 9.97. The number of fused-ring (bicyclic) bond motifs is 2. The lowest BCUT2D eigenvalue weighted by Gasteiger charge is -2.27. The van der Waals surface area contributed by atoms with Gasteiger partial charge in [0.2, 0.25) is 76.8 Å². The summed E-state index contributed by atoms with van der Waals surface area (Å²) in [6.07, 6.45) is -6.11. The number of carbonyl (C=O) groups excluding carboxylic acids is 15. The molecule has 0 unspecified atom stereocenters. The van der Waals surface area contributed by atoms with Gasteiger partial charge in [-0.15, -0.1) is 0 Å². The van der Waals surface area contributed by atoms with Crippen molar-refractivity contribution >= 4 is 170 Å². The highest BCUT2D eigenvalue weighted by Gasteiger charge is 2.39. The number of amides is 13. The van der Waals surface area contributed by atoms with Crippen molar-refractivity contribution < 1.29 is 165 Å². The van der Waals surface area contributed by atoms with Gasteiger partial charge < -0.3 is 119 Å². The van der Waals surface area contributed by atoms with E-state index in [1.807, 2.05) is 73.7 Å². The molecule has 0 spiro atoms. The third-order valence-electron chi connectivity index (χ3n) is 21.0. The molecule has 0 fully saturated rings. The summed E-state index contributed by atoms with van der Waals surface area (Å²) in [5.41, 5.74) is 3.35. The molecule has 22 N–H and O–H groups in total. The minimum Gasteiger partial charge on any atom is -0.481 e. The highest BCUT2D eigenvalue weighted by atomic mass is 16.4. The van der Waals surface area contributed by atoms with Crippen LogP contribution in [0.4, 0.5) is 5.69 Å². The number of benzene rings is 4. The molecular formula is C93H121N13O35. The number of carbonyl (C=O) groups is 24. The molecule has 4 aromatic carbocycles. The Morgan fingerprint density at radius 3 is 0.972 bits per heavy atom. The molecule has 0 aliphatic carbocycles. The van der Waals surface area contributed by atoms with Gasteiger partial charge >= 0.3 is 59.3 Å². The van der Waals surface area contributed by atoms with Crippen LogP contribution in [-0.2, 0) is 128 Å². The zero-order valence-corrected chi connectivity index (χ0v) is 79.2. The summed E-state index contributed by atoms with van der Waals surface area (Å²) in [4.78, 5) is 305. The number of carboxylic acid groups (broad SMARTS) is 9. The minimum absolute atomic E-state index is 0.0140. The van der Waals surface area contributed by atoms with Crippen molar-refractivity contribution in [2.75, 3.05) is 5.32 Å². The van der Waals surface area contributed by atoms with E-state index in [2.05, 4.69) is 69.1 Å². The van der Waals surface area contributed by atoms with E-state index in [1.165, 1.54) is 32.0 Å². The molecule has 5 aromatic rings. The number of carboxylic acids is 9. The molecule has 12 atom stereocenters. The van der Waals surface area contributed by atoms with Crippen LogP contribution in [0.3, 0.4) is 0 Å². The van der Waals surface area contributed by atoms with E-state index in [0.29, 0.717) is 36.6 Å². The highest BCUT2D eigenvalue weighted by Crippen LogP contribution is 2.24. The quantitative estimate of drug-likeness (QED) is 0.0241. The number of nitrogens with one attached hydrogen (secondary N) is 13. The summed E-state index contributed by atoms with van der Waals surface area (Å²) in [5.74, 6) is -27.5. The van der Waals surface area contributed by atoms with Crippen LogP contribution in [0.1, 0.15) is 187 Å². The Kier molecular flexibility index (Phi) is 50.1. The fourth-order valence-corrected chi connectivity index (χ4v) is 13.9. The Bertz CT molecular complexity index is 5410. The second-order valence-corrected chi connectivity index (χ2v) is 33.9. The first kappa shape index (κ1) is 119. The van der Waals surface area contributed by atoms with Crippen molar-refractivity contribution in [1.29, 1.82) is 0 Å². The SMILES string of the molecule is CC(=O)N[C@@H](CC(=O)O)C(=O)N[C@@H](CCC(=O)O)C(=O)N[C@H](C(=O)N[C@@H](CC(=O)O)C(=O)CCCc1ccc(C)cc1)C(C)C.CC(=O)N[C@@H](CC(=O)O)C(=O)N[C@@H](CCC(=O)O)C(=O)N[C@H](C(=O)N[C@@H](CC(=O)O)C(=O)CCCc1cccc2ccccc12)C(C)C.CC(=O)N[C@@H](CC(=O)O)C(=O)N[C@@H](CCC(=O)O)C(=O)N[C@H](C(=O)N[C@@H](CC(=O)O)C(=O)Nc1ccc2c(C)cc(=O)oc2c1)C(C)C. The van der Waals surface area contributed by atoms with Gasteiger partial charge in [-0.1, -0.05) is 114 Å². The van der Waals surface area contributed by atoms with E-state index in [1.54, 1.807) is 40.7 Å². The van der Waals surface area contributed by atoms with Gasteiger partial charge in [0.15, 0.2) is 11.6 Å². The fraction of sp³-hybridized carbons (Fsp3) is 0.473. The van der Waals surface area contributed by atoms with Crippen molar-refractivity contribution in [3.8, 4) is 0 Å². The number of aliphatic carboxylic acids is 9. The van der Waals surface area contributed by atoms with Gasteiger partial charge in [-0.2, -0.15) is 0 Å². The first-order valence-electron chi connectivity index (χ1n) is 44.4. The number of aryl methyl sites for hydroxylation is 4. The van der Waals surface area contributed by atoms with Crippen LogP contribution < -0.4 is 74.7 Å². The zero-order chi connectivity index (χ0) is 107. The number of Topliss-reactive ketones (excluding diaryl/α,β-unsaturated/α-hetero) is 2. The van der Waals surface area contributed by atoms with Crippen molar-refractivity contribution in [3.63, 3.8) is 0 Å². The predicted octanol–water partition coefficient (Wildman–Crippen LogP) is 0.946. The van der Waals surface area contributed by atoms with E-state index in [-0.39, 0.29) is 24.1 Å². The van der Waals surface area contributed by atoms with Gasteiger partial charge in [-0.05, 0) is 116 Å². The Labute approximate surface area is 806 Å². The predicted molar refractivity (Wildman–Crippen MR) is 496 cm³/mol. The van der Waals surface area contributed by atoms with Crippen molar-refractivity contribution in [1.82, 2.24) is 63.8 Å². The summed E-state index contributed by atoms with van der Waals surface area (Å²) in [6.45, 7) is 16.0. The second-order valence-electron chi connectivity index (χ2n) is 33.9. The molecule has 48 nitrogen and oxygen atoms in total. The number of hydrogen-bond acceptors (Lipinski definition) is 26. The second kappa shape index (κ2) is 59.2. The molecule has 1 aromatic heterocycles. The Hall–Kier alpha value is -16.0. The summed E-state index contributed by atoms with van der Waals surface area (Å²) in [7, 11) is 0. The topological polar surface area (TPSA) is 778 Å². The van der Waals surface area contributed by atoms with E-state index in [0.717, 1.165) is 48.2 Å². The molecule has 0 aliphatic rings. The average Bonchev–Trinajstić information content (AvgIpc) is 0.813. The van der Waals surface area contributed by atoms with Crippen LogP contribution in [-0.4, -0.2) is 261 Å². The largest absolute Gasteiger partial charge is 0.481 e. The molecular weight excluding hydrogens is 1860 g/mol. The van der Waals surface area contributed by atoms with E-state index >= 15 is 0 Å². The van der Waals surface area contributed by atoms with Crippen LogP contribution >= 0.6 is 0 Å². The fourth-order valence-electron chi connectivity index (χ4n) is 13.9. The maximum atomic E-state index is 13.4. The molecule has 0 saturated carbocycles. The first-order chi connectivity index (χ1) is 65.9. The van der Waals surface area contributed by atoms with Crippen molar-refractivity contribution in [2.24, 2.45) is 17.8 Å². The number of ketones is 2. The molecule has 1 heterocycles. The Morgan fingerprint density at radius 2 is 0.624 bits per heavy atom. The highest BCUT2D eigenvalue weighted by molar-refractivity contribution is 6.04. The lowest BCUT2D eigenvalue weighted by Crippen LogP contribution is -2.59. The van der Waals surface area contributed by atoms with Gasteiger partial charge in [0.05, 0.1) is 50.6 Å². The van der Waals surface area contributed by atoms with Crippen LogP contribution in [0.25, 0.3) is 21.7 Å². The third kappa shape index (κ3) is 44.8. The molecule has 13 amide bonds. The molecule has 0 radical (unpaired) electrons. The molecule has 48 heteroatoms. The van der Waals surface area contributed by atoms with Crippen molar-refractivity contribution in [3.05, 3.63) is 124 Å². The van der Waals surface area contributed by atoms with Gasteiger partial charge in [0.25, 0.3) is 0 Å². The summed E-state index contributed by atoms with van der Waals surface area (Å²) < 4.78 is 5.16. The maximum Gasteiger partial charge on any atom is 0.336 e. The standard InChI is InChI=1S/C33H42N4O11.C30H37N5O13.C30H42N4O11/c1-18(2)30(37-31(46)23(14-15-27(40)41)35-32(47)25(17-29(44)45)34-19(3)38)33(48)36-24(16-28(42)43)26(39)13-7-11-21-10-6-9-20-8-4-5-12-22(20)21;1-13(2)26(35-27(44)18(7-8-22(37)38)33-29(46)19(11-23(39)40)31-15(4)36)30(47)34-20(12-24(41)42)28(45)32-16-5-6-17-14(3)9-25(43)48-21(17)10-16;1-16(2)27(30(45)33-21(14-25(39)40)23(36)7-5-6-19-10-8-17(3)9-11-19)34-28(43)20(12-13-24(37)38)32-29(44)22(15-26(41)42)31-18(4)35/h4-6,8-10,12,18,23-25,30H,7,11,13-17H2,1-3H3,(H,34,38)(H,35,47)(H,36,48)(H,37,46)(H,40,41)(H,42,43)(H,44,45);5-6,9-10,13,18-20,26H,7-8,11-12H2,1-4H3,(H,31,36)(H,32,45)(H,33,46)(H,34,47)(H,35,44)(H,37,38)(H,39,40)(H,41,42);8-11,16,20-22,27H,5-7,12-15H2,1-4H3,(H,31,35)(H,32,44)(H,33,45)(H,34,43)(H,37,38)(H,39,40)(H,41,42)/t23-,24-,25-,30-;18-,19-,20-,26-;20-,21-,22-,27-/m000/s1. The van der Waals surface area contributed by atoms with E-state index in [4.69, 9.17) is 35.1 Å². The summed E-state index contributed by atoms with van der Waals surface area (Å²) in [5, 5.41) is 115.